The number of fused-ring (bicyclic) bond motifs is 3. The van der Waals surface area contributed by atoms with Gasteiger partial charge in [-0.25, -0.2) is 18.9 Å². The Labute approximate surface area is 161 Å². The maximum Gasteiger partial charge on any atom is 0.416 e. The Morgan fingerprint density at radius 3 is 2.69 bits per heavy atom. The number of rotatable bonds is 3. The Kier molecular flexibility index (Phi) is 4.33. The van der Waals surface area contributed by atoms with Crippen LogP contribution in [0.25, 0.3) is 16.6 Å². The summed E-state index contributed by atoms with van der Waals surface area (Å²) in [5, 5.41) is 7.22. The highest BCUT2D eigenvalue weighted by atomic mass is 19.4. The van der Waals surface area contributed by atoms with Crippen LogP contribution in [0.2, 0.25) is 0 Å². The van der Waals surface area contributed by atoms with Gasteiger partial charge in [-0.15, -0.1) is 5.10 Å². The van der Waals surface area contributed by atoms with Crippen LogP contribution in [0.4, 0.5) is 18.9 Å². The fourth-order valence-corrected chi connectivity index (χ4v) is 3.05. The predicted octanol–water partition coefficient (Wildman–Crippen LogP) is 3.01. The Hall–Kier alpha value is -3.69. The second kappa shape index (κ2) is 6.73. The second-order valence-corrected chi connectivity index (χ2v) is 6.48. The molecule has 0 aliphatic heterocycles. The van der Waals surface area contributed by atoms with Gasteiger partial charge in [-0.1, -0.05) is 18.2 Å². The first-order valence-corrected chi connectivity index (χ1v) is 8.54. The molecule has 1 amide bonds. The standard InChI is InChI=1S/C19H14F3N5O2/c1-11-4-2-7-14-16(11)23-10-26-17(14)25-27(18(26)29)9-15(28)24-13-6-3-5-12(8-13)19(20,21)22/h2-8,10H,9H2,1H3,(H,24,28). The topological polar surface area (TPSA) is 81.3 Å². The van der Waals surface area contributed by atoms with Gasteiger partial charge in [-0.3, -0.25) is 4.79 Å². The number of aromatic nitrogens is 4. The smallest absolute Gasteiger partial charge is 0.324 e. The van der Waals surface area contributed by atoms with Gasteiger partial charge in [0.1, 0.15) is 12.9 Å². The molecule has 0 radical (unpaired) electrons. The van der Waals surface area contributed by atoms with Crippen LogP contribution in [0.1, 0.15) is 11.1 Å². The van der Waals surface area contributed by atoms with Gasteiger partial charge in [0.05, 0.1) is 11.1 Å². The number of aryl methyl sites for hydroxylation is 1. The number of benzene rings is 2. The number of nitrogens with one attached hydrogen (secondary N) is 1. The highest BCUT2D eigenvalue weighted by Crippen LogP contribution is 2.30. The van der Waals surface area contributed by atoms with E-state index in [-0.39, 0.29) is 5.69 Å². The van der Waals surface area contributed by atoms with E-state index in [1.54, 1.807) is 6.07 Å². The first kappa shape index (κ1) is 18.7. The average Bonchev–Trinajstić information content (AvgIpc) is 2.98. The number of amides is 1. The number of para-hydroxylation sites is 1. The van der Waals surface area contributed by atoms with Crippen LogP contribution in [0.5, 0.6) is 0 Å². The minimum Gasteiger partial charge on any atom is -0.324 e. The van der Waals surface area contributed by atoms with E-state index in [0.29, 0.717) is 16.6 Å². The van der Waals surface area contributed by atoms with Crippen LogP contribution in [0.3, 0.4) is 0 Å². The normalized spacial score (nSPS) is 11.9. The Morgan fingerprint density at radius 1 is 1.17 bits per heavy atom. The Morgan fingerprint density at radius 2 is 1.93 bits per heavy atom. The summed E-state index contributed by atoms with van der Waals surface area (Å²) in [5.41, 5.74) is 0.461. The van der Waals surface area contributed by atoms with Gasteiger partial charge in [0.15, 0.2) is 5.65 Å². The molecule has 7 nitrogen and oxygen atoms in total. The predicted molar refractivity (Wildman–Crippen MR) is 99.6 cm³/mol. The summed E-state index contributed by atoms with van der Waals surface area (Å²) in [6.45, 7) is 1.42. The number of halogens is 3. The molecular formula is C19H14F3N5O2. The largest absolute Gasteiger partial charge is 0.416 e. The van der Waals surface area contributed by atoms with Gasteiger partial charge in [0.2, 0.25) is 5.91 Å². The molecule has 1 N–H and O–H groups in total. The molecule has 0 spiro atoms. The van der Waals surface area contributed by atoms with E-state index < -0.39 is 29.9 Å². The highest BCUT2D eigenvalue weighted by Gasteiger charge is 2.30. The molecule has 29 heavy (non-hydrogen) atoms. The van der Waals surface area contributed by atoms with Crippen molar-refractivity contribution in [2.75, 3.05) is 5.32 Å². The summed E-state index contributed by atoms with van der Waals surface area (Å²) in [6.07, 6.45) is -3.19. The van der Waals surface area contributed by atoms with E-state index >= 15 is 0 Å². The van der Waals surface area contributed by atoms with Crippen LogP contribution in [-0.2, 0) is 17.5 Å². The van der Waals surface area contributed by atoms with Crippen LogP contribution in [0.15, 0.2) is 53.6 Å². The van der Waals surface area contributed by atoms with Crippen LogP contribution in [-0.4, -0.2) is 25.1 Å². The molecule has 148 valence electrons. The van der Waals surface area contributed by atoms with Crippen molar-refractivity contribution in [2.24, 2.45) is 0 Å². The Balaban J connectivity index is 1.64. The molecule has 0 saturated carbocycles. The molecular weight excluding hydrogens is 387 g/mol. The average molecular weight is 401 g/mol. The lowest BCUT2D eigenvalue weighted by atomic mass is 10.1. The summed E-state index contributed by atoms with van der Waals surface area (Å²) in [6, 6.07) is 9.71. The first-order chi connectivity index (χ1) is 13.7. The highest BCUT2D eigenvalue weighted by molar-refractivity contribution is 5.93. The van der Waals surface area contributed by atoms with Crippen molar-refractivity contribution in [1.29, 1.82) is 0 Å². The zero-order valence-corrected chi connectivity index (χ0v) is 15.1. The van der Waals surface area contributed by atoms with Crippen LogP contribution >= 0.6 is 0 Å². The van der Waals surface area contributed by atoms with Crippen LogP contribution in [0, 0.1) is 6.92 Å². The third kappa shape index (κ3) is 3.44. The quantitative estimate of drug-likeness (QED) is 0.572. The summed E-state index contributed by atoms with van der Waals surface area (Å²) in [5.74, 6) is -0.678. The number of anilines is 1. The molecule has 2 aromatic carbocycles. The summed E-state index contributed by atoms with van der Waals surface area (Å²) in [7, 11) is 0. The van der Waals surface area contributed by atoms with Crippen LogP contribution < -0.4 is 11.0 Å². The lowest BCUT2D eigenvalue weighted by Gasteiger charge is -2.09. The maximum atomic E-state index is 12.8. The zero-order valence-electron chi connectivity index (χ0n) is 15.1. The minimum absolute atomic E-state index is 0.0237. The van der Waals surface area contributed by atoms with E-state index in [1.165, 1.54) is 22.9 Å². The van der Waals surface area contributed by atoms with Crippen molar-refractivity contribution in [3.63, 3.8) is 0 Å². The fraction of sp³-hybridized carbons (Fsp3) is 0.158. The van der Waals surface area contributed by atoms with Crippen molar-refractivity contribution in [2.45, 2.75) is 19.6 Å². The monoisotopic (exact) mass is 401 g/mol. The molecule has 2 heterocycles. The van der Waals surface area contributed by atoms with E-state index in [2.05, 4.69) is 15.4 Å². The Bertz CT molecular complexity index is 1310. The summed E-state index contributed by atoms with van der Waals surface area (Å²) in [4.78, 5) is 29.1. The molecule has 0 saturated heterocycles. The van der Waals surface area contributed by atoms with E-state index in [4.69, 9.17) is 0 Å². The molecule has 0 atom stereocenters. The third-order valence-corrected chi connectivity index (χ3v) is 4.42. The number of alkyl halides is 3. The van der Waals surface area contributed by atoms with Gasteiger partial charge in [0.25, 0.3) is 0 Å². The van der Waals surface area contributed by atoms with E-state index in [9.17, 15) is 22.8 Å². The number of carbonyl (C=O) groups is 1. The minimum atomic E-state index is -4.52. The van der Waals surface area contributed by atoms with Crippen molar-refractivity contribution in [3.8, 4) is 0 Å². The molecule has 4 rings (SSSR count). The molecule has 10 heteroatoms. The lowest BCUT2D eigenvalue weighted by molar-refractivity contribution is -0.137. The molecule has 2 aromatic heterocycles. The zero-order chi connectivity index (χ0) is 20.8. The van der Waals surface area contributed by atoms with Gasteiger partial charge < -0.3 is 5.32 Å². The van der Waals surface area contributed by atoms with Gasteiger partial charge in [-0.2, -0.15) is 13.2 Å². The first-order valence-electron chi connectivity index (χ1n) is 8.54. The molecule has 0 unspecified atom stereocenters. The van der Waals surface area contributed by atoms with Crippen molar-refractivity contribution >= 4 is 28.1 Å². The number of hydrogen-bond acceptors (Lipinski definition) is 4. The molecule has 0 fully saturated rings. The lowest BCUT2D eigenvalue weighted by Crippen LogP contribution is -2.28. The number of carbonyl (C=O) groups excluding carboxylic acids is 1. The summed E-state index contributed by atoms with van der Waals surface area (Å²) >= 11 is 0. The molecule has 0 bridgehead atoms. The number of nitrogens with zero attached hydrogens (tertiary/aromatic N) is 4. The van der Waals surface area contributed by atoms with Gasteiger partial charge in [0, 0.05) is 11.1 Å². The fourth-order valence-electron chi connectivity index (χ4n) is 3.05. The summed E-state index contributed by atoms with van der Waals surface area (Å²) < 4.78 is 40.6. The van der Waals surface area contributed by atoms with E-state index in [0.717, 1.165) is 22.4 Å². The SMILES string of the molecule is Cc1cccc2c1ncn1c(=O)n(CC(=O)Nc3cccc(C(F)(F)F)c3)nc21. The van der Waals surface area contributed by atoms with Crippen molar-refractivity contribution in [1.82, 2.24) is 19.2 Å². The van der Waals surface area contributed by atoms with Gasteiger partial charge in [-0.05, 0) is 36.8 Å². The molecule has 0 aliphatic rings. The molecule has 0 aliphatic carbocycles. The maximum absolute atomic E-state index is 12.8. The van der Waals surface area contributed by atoms with Crippen molar-refractivity contribution < 1.29 is 18.0 Å². The van der Waals surface area contributed by atoms with Crippen molar-refractivity contribution in [3.05, 3.63) is 70.4 Å². The van der Waals surface area contributed by atoms with E-state index in [1.807, 2.05) is 19.1 Å². The number of hydrogen-bond donors (Lipinski definition) is 1. The van der Waals surface area contributed by atoms with Gasteiger partial charge >= 0.3 is 11.9 Å². The second-order valence-electron chi connectivity index (χ2n) is 6.48. The molecule has 4 aromatic rings. The third-order valence-electron chi connectivity index (χ3n) is 4.42.